The third-order valence-electron chi connectivity index (χ3n) is 2.04. The zero-order valence-corrected chi connectivity index (χ0v) is 8.27. The zero-order chi connectivity index (χ0) is 10.5. The fraction of sp³-hybridized carbons (Fsp3) is 0. The smallest absolute Gasteiger partial charge is 0.0541 e. The van der Waals surface area contributed by atoms with Crippen LogP contribution in [0, 0.1) is 0 Å². The number of nitrogen functional groups attached to an aromatic ring is 1. The van der Waals surface area contributed by atoms with Crippen molar-refractivity contribution in [2.24, 2.45) is 0 Å². The van der Waals surface area contributed by atoms with Crippen molar-refractivity contribution >= 4 is 17.1 Å². The van der Waals surface area contributed by atoms with Gasteiger partial charge in [-0.25, -0.2) is 0 Å². The Bertz CT molecular complexity index is 409. The van der Waals surface area contributed by atoms with Crippen LogP contribution in [-0.2, 0) is 0 Å². The van der Waals surface area contributed by atoms with Crippen LogP contribution in [0.5, 0.6) is 0 Å². The van der Waals surface area contributed by atoms with E-state index in [0.717, 1.165) is 17.1 Å². The molecule has 0 bridgehead atoms. The van der Waals surface area contributed by atoms with Crippen LogP contribution in [0.3, 0.4) is 0 Å². The molecule has 0 radical (unpaired) electrons. The van der Waals surface area contributed by atoms with Crippen molar-refractivity contribution in [1.29, 1.82) is 0 Å². The first kappa shape index (κ1) is 9.40. The summed E-state index contributed by atoms with van der Waals surface area (Å²) >= 11 is 0. The second-order valence-corrected chi connectivity index (χ2v) is 3.24. The SMILES string of the molecule is Nc1ccc(NNc2ccccc2)cc1. The van der Waals surface area contributed by atoms with Gasteiger partial charge in [-0.1, -0.05) is 18.2 Å². The molecule has 0 heterocycles. The van der Waals surface area contributed by atoms with Crippen molar-refractivity contribution in [1.82, 2.24) is 0 Å². The van der Waals surface area contributed by atoms with E-state index < -0.39 is 0 Å². The summed E-state index contributed by atoms with van der Waals surface area (Å²) in [6, 6.07) is 17.5. The molecule has 2 rings (SSSR count). The predicted molar refractivity (Wildman–Crippen MR) is 64.5 cm³/mol. The fourth-order valence-electron chi connectivity index (χ4n) is 1.23. The molecule has 0 atom stereocenters. The van der Waals surface area contributed by atoms with E-state index in [9.17, 15) is 0 Å². The summed E-state index contributed by atoms with van der Waals surface area (Å²) < 4.78 is 0. The van der Waals surface area contributed by atoms with E-state index in [4.69, 9.17) is 5.73 Å². The van der Waals surface area contributed by atoms with E-state index >= 15 is 0 Å². The summed E-state index contributed by atoms with van der Waals surface area (Å²) in [6.07, 6.45) is 0. The van der Waals surface area contributed by atoms with Gasteiger partial charge in [0, 0.05) is 5.69 Å². The minimum atomic E-state index is 0.764. The third-order valence-corrected chi connectivity index (χ3v) is 2.04. The Labute approximate surface area is 88.9 Å². The quantitative estimate of drug-likeness (QED) is 0.526. The van der Waals surface area contributed by atoms with E-state index in [-0.39, 0.29) is 0 Å². The molecule has 0 saturated carbocycles. The van der Waals surface area contributed by atoms with Crippen molar-refractivity contribution in [2.45, 2.75) is 0 Å². The van der Waals surface area contributed by atoms with Gasteiger partial charge in [0.25, 0.3) is 0 Å². The van der Waals surface area contributed by atoms with Crippen LogP contribution in [0.1, 0.15) is 0 Å². The number of anilines is 3. The Morgan fingerprint density at radius 2 is 1.20 bits per heavy atom. The second-order valence-electron chi connectivity index (χ2n) is 3.24. The normalized spacial score (nSPS) is 9.60. The maximum absolute atomic E-state index is 5.59. The standard InChI is InChI=1S/C12H13N3/c13-10-6-8-12(9-7-10)15-14-11-4-2-1-3-5-11/h1-9,14-15H,13H2. The molecule has 0 aliphatic carbocycles. The van der Waals surface area contributed by atoms with Crippen molar-refractivity contribution in [3.05, 3.63) is 54.6 Å². The Balaban J connectivity index is 1.96. The van der Waals surface area contributed by atoms with Gasteiger partial charge in [0.2, 0.25) is 0 Å². The summed E-state index contributed by atoms with van der Waals surface area (Å²) in [7, 11) is 0. The van der Waals surface area contributed by atoms with Crippen LogP contribution in [0.2, 0.25) is 0 Å². The van der Waals surface area contributed by atoms with Gasteiger partial charge in [-0.05, 0) is 36.4 Å². The first-order chi connectivity index (χ1) is 7.34. The topological polar surface area (TPSA) is 50.1 Å². The number of hydrogen-bond donors (Lipinski definition) is 3. The molecule has 0 spiro atoms. The summed E-state index contributed by atoms with van der Waals surface area (Å²) in [5.74, 6) is 0. The molecule has 0 aliphatic heterocycles. The molecule has 2 aromatic rings. The molecule has 4 N–H and O–H groups in total. The Morgan fingerprint density at radius 1 is 0.667 bits per heavy atom. The summed E-state index contributed by atoms with van der Waals surface area (Å²) in [5.41, 5.74) is 14.5. The number of hydrogen-bond acceptors (Lipinski definition) is 3. The highest BCUT2D eigenvalue weighted by Gasteiger charge is 1.91. The summed E-state index contributed by atoms with van der Waals surface area (Å²) in [6.45, 7) is 0. The zero-order valence-electron chi connectivity index (χ0n) is 8.27. The van der Waals surface area contributed by atoms with Crippen molar-refractivity contribution in [3.63, 3.8) is 0 Å². The molecule has 15 heavy (non-hydrogen) atoms. The van der Waals surface area contributed by atoms with Gasteiger partial charge in [-0.15, -0.1) is 0 Å². The minimum absolute atomic E-state index is 0.764. The average Bonchev–Trinajstić information content (AvgIpc) is 2.30. The highest BCUT2D eigenvalue weighted by atomic mass is 15.4. The van der Waals surface area contributed by atoms with Gasteiger partial charge in [0.15, 0.2) is 0 Å². The second kappa shape index (κ2) is 4.37. The average molecular weight is 199 g/mol. The molecule has 0 aliphatic rings. The highest BCUT2D eigenvalue weighted by molar-refractivity contribution is 5.55. The lowest BCUT2D eigenvalue weighted by molar-refractivity contribution is 1.41. The van der Waals surface area contributed by atoms with Gasteiger partial charge in [0.1, 0.15) is 0 Å². The van der Waals surface area contributed by atoms with E-state index in [1.54, 1.807) is 0 Å². The van der Waals surface area contributed by atoms with Crippen molar-refractivity contribution in [2.75, 3.05) is 16.6 Å². The summed E-state index contributed by atoms with van der Waals surface area (Å²) in [5, 5.41) is 0. The lowest BCUT2D eigenvalue weighted by atomic mass is 10.3. The molecule has 3 heteroatoms. The van der Waals surface area contributed by atoms with Crippen molar-refractivity contribution in [3.8, 4) is 0 Å². The molecule has 0 amide bonds. The molecule has 0 fully saturated rings. The highest BCUT2D eigenvalue weighted by Crippen LogP contribution is 2.11. The van der Waals surface area contributed by atoms with Gasteiger partial charge in [-0.3, -0.25) is 0 Å². The number of nitrogens with two attached hydrogens (primary N) is 1. The monoisotopic (exact) mass is 199 g/mol. The van der Waals surface area contributed by atoms with Gasteiger partial charge in [-0.2, -0.15) is 0 Å². The third kappa shape index (κ3) is 2.64. The van der Waals surface area contributed by atoms with E-state index in [2.05, 4.69) is 10.9 Å². The maximum Gasteiger partial charge on any atom is 0.0541 e. The number of rotatable bonds is 3. The first-order valence-corrected chi connectivity index (χ1v) is 4.77. The van der Waals surface area contributed by atoms with Crippen LogP contribution in [0.25, 0.3) is 0 Å². The lowest BCUT2D eigenvalue weighted by Gasteiger charge is -2.09. The first-order valence-electron chi connectivity index (χ1n) is 4.77. The minimum Gasteiger partial charge on any atom is -0.399 e. The Kier molecular flexibility index (Phi) is 2.74. The molecule has 76 valence electrons. The molecule has 0 aromatic heterocycles. The van der Waals surface area contributed by atoms with Crippen LogP contribution >= 0.6 is 0 Å². The molecular formula is C12H13N3. The lowest BCUT2D eigenvalue weighted by Crippen LogP contribution is -2.08. The number of hydrazine groups is 1. The molecule has 3 nitrogen and oxygen atoms in total. The van der Waals surface area contributed by atoms with Gasteiger partial charge >= 0.3 is 0 Å². The van der Waals surface area contributed by atoms with E-state index in [1.165, 1.54) is 0 Å². The number of benzene rings is 2. The fourth-order valence-corrected chi connectivity index (χ4v) is 1.23. The van der Waals surface area contributed by atoms with Gasteiger partial charge in [0.05, 0.1) is 11.4 Å². The summed E-state index contributed by atoms with van der Waals surface area (Å²) in [4.78, 5) is 0. The van der Waals surface area contributed by atoms with E-state index in [0.29, 0.717) is 0 Å². The van der Waals surface area contributed by atoms with Gasteiger partial charge < -0.3 is 16.6 Å². The molecule has 2 aromatic carbocycles. The van der Waals surface area contributed by atoms with Crippen LogP contribution in [0.15, 0.2) is 54.6 Å². The van der Waals surface area contributed by atoms with Crippen LogP contribution in [0.4, 0.5) is 17.1 Å². The van der Waals surface area contributed by atoms with Crippen LogP contribution < -0.4 is 16.6 Å². The largest absolute Gasteiger partial charge is 0.399 e. The maximum atomic E-state index is 5.59. The van der Waals surface area contributed by atoms with Crippen molar-refractivity contribution < 1.29 is 0 Å². The number of nitrogens with one attached hydrogen (secondary N) is 2. The number of para-hydroxylation sites is 1. The Hall–Kier alpha value is -2.16. The Morgan fingerprint density at radius 3 is 1.80 bits per heavy atom. The predicted octanol–water partition coefficient (Wildman–Crippen LogP) is 2.71. The van der Waals surface area contributed by atoms with E-state index in [1.807, 2.05) is 54.6 Å². The molecule has 0 unspecified atom stereocenters. The van der Waals surface area contributed by atoms with Crippen LogP contribution in [-0.4, -0.2) is 0 Å². The molecular weight excluding hydrogens is 186 g/mol. The molecule has 0 saturated heterocycles.